The molecule has 0 radical (unpaired) electrons. The summed E-state index contributed by atoms with van der Waals surface area (Å²) in [6, 6.07) is 0. The van der Waals surface area contributed by atoms with Gasteiger partial charge in [0.1, 0.15) is 5.76 Å². The fourth-order valence-electron chi connectivity index (χ4n) is 2.16. The van der Waals surface area contributed by atoms with Gasteiger partial charge in [0.2, 0.25) is 9.04 Å². The maximum Gasteiger partial charge on any atom is 0.303 e. The van der Waals surface area contributed by atoms with Crippen molar-refractivity contribution in [2.75, 3.05) is 0 Å². The molecule has 17 heavy (non-hydrogen) atoms. The van der Waals surface area contributed by atoms with Gasteiger partial charge in [0.05, 0.1) is 0 Å². The summed E-state index contributed by atoms with van der Waals surface area (Å²) in [5, 5.41) is 0. The Bertz CT molecular complexity index is 286. The normalized spacial score (nSPS) is 23.7. The number of carbonyl (C=O) groups is 1. The van der Waals surface area contributed by atoms with Crippen LogP contribution in [0.3, 0.4) is 0 Å². The van der Waals surface area contributed by atoms with E-state index in [2.05, 4.69) is 26.1 Å². The quantitative estimate of drug-likeness (QED) is 0.541. The number of esters is 1. The van der Waals surface area contributed by atoms with Crippen LogP contribution >= 0.6 is 0 Å². The molecule has 0 heterocycles. The zero-order valence-electron chi connectivity index (χ0n) is 11.4. The first-order valence-electron chi connectivity index (χ1n) is 6.58. The predicted octanol–water partition coefficient (Wildman–Crippen LogP) is 3.01. The molecule has 0 aliphatic heterocycles. The van der Waals surface area contributed by atoms with E-state index < -0.39 is 9.04 Å². The molecule has 98 valence electrons. The molecule has 0 fully saturated rings. The Kier molecular flexibility index (Phi) is 5.75. The van der Waals surface area contributed by atoms with E-state index in [0.717, 1.165) is 12.2 Å². The average molecular weight is 256 g/mol. The number of hydrogen-bond donors (Lipinski definition) is 0. The van der Waals surface area contributed by atoms with E-state index in [4.69, 9.17) is 9.16 Å². The average Bonchev–Trinajstić information content (AvgIpc) is 2.56. The van der Waals surface area contributed by atoms with Gasteiger partial charge in [-0.05, 0) is 37.9 Å². The standard InChI is InChI=1S/C13H24O3Si/c1-5-6-7-11-8-12(15-10(2)14)13(9-11)16-17(3)4/h9,11-12,17H,5-8H2,1-4H3. The van der Waals surface area contributed by atoms with Gasteiger partial charge in [-0.15, -0.1) is 0 Å². The van der Waals surface area contributed by atoms with Crippen molar-refractivity contribution in [3.8, 4) is 0 Å². The van der Waals surface area contributed by atoms with E-state index in [9.17, 15) is 4.79 Å². The number of rotatable bonds is 6. The van der Waals surface area contributed by atoms with Crippen LogP contribution < -0.4 is 0 Å². The van der Waals surface area contributed by atoms with E-state index in [1.54, 1.807) is 0 Å². The summed E-state index contributed by atoms with van der Waals surface area (Å²) in [5.74, 6) is 1.20. The summed E-state index contributed by atoms with van der Waals surface area (Å²) in [6.45, 7) is 7.92. The maximum atomic E-state index is 11.1. The second-order valence-corrected chi connectivity index (χ2v) is 7.30. The minimum atomic E-state index is -1.12. The molecule has 4 heteroatoms. The molecule has 0 aromatic rings. The van der Waals surface area contributed by atoms with Gasteiger partial charge in [-0.1, -0.05) is 19.8 Å². The van der Waals surface area contributed by atoms with Gasteiger partial charge in [0, 0.05) is 6.92 Å². The molecule has 0 aromatic heterocycles. The highest BCUT2D eigenvalue weighted by Gasteiger charge is 2.30. The molecule has 0 saturated heterocycles. The van der Waals surface area contributed by atoms with E-state index in [0.29, 0.717) is 5.92 Å². The second kappa shape index (κ2) is 6.84. The zero-order chi connectivity index (χ0) is 12.8. The highest BCUT2D eigenvalue weighted by molar-refractivity contribution is 6.48. The topological polar surface area (TPSA) is 35.5 Å². The monoisotopic (exact) mass is 256 g/mol. The fraction of sp³-hybridized carbons (Fsp3) is 0.769. The molecule has 0 spiro atoms. The summed E-state index contributed by atoms with van der Waals surface area (Å²) >= 11 is 0. The van der Waals surface area contributed by atoms with Gasteiger partial charge in [-0.3, -0.25) is 4.79 Å². The van der Waals surface area contributed by atoms with Crippen LogP contribution in [0.15, 0.2) is 11.8 Å². The third-order valence-electron chi connectivity index (χ3n) is 2.84. The third-order valence-corrected chi connectivity index (χ3v) is 3.59. The SMILES string of the molecule is CCCCC1C=C(O[SiH](C)C)C(OC(C)=O)C1. The molecule has 0 saturated carbocycles. The number of allylic oxidation sites excluding steroid dienone is 1. The van der Waals surface area contributed by atoms with Gasteiger partial charge >= 0.3 is 5.97 Å². The third kappa shape index (κ3) is 4.94. The molecule has 0 bridgehead atoms. The minimum Gasteiger partial charge on any atom is -0.547 e. The lowest BCUT2D eigenvalue weighted by Crippen LogP contribution is -2.21. The molecule has 1 aliphatic carbocycles. The molecule has 1 aliphatic rings. The second-order valence-electron chi connectivity index (χ2n) is 4.97. The first-order valence-corrected chi connectivity index (χ1v) is 9.36. The molecule has 2 atom stereocenters. The molecule has 3 nitrogen and oxygen atoms in total. The summed E-state index contributed by atoms with van der Waals surface area (Å²) in [4.78, 5) is 11.1. The molecular weight excluding hydrogens is 232 g/mol. The van der Waals surface area contributed by atoms with Gasteiger partial charge in [0.25, 0.3) is 0 Å². The number of hydrogen-bond acceptors (Lipinski definition) is 3. The van der Waals surface area contributed by atoms with Gasteiger partial charge in [0.15, 0.2) is 6.10 Å². The maximum absolute atomic E-state index is 11.1. The summed E-state index contributed by atoms with van der Waals surface area (Å²) in [7, 11) is -1.12. The van der Waals surface area contributed by atoms with Crippen molar-refractivity contribution in [2.45, 2.75) is 58.7 Å². The Hall–Kier alpha value is -0.773. The first-order chi connectivity index (χ1) is 8.02. The van der Waals surface area contributed by atoms with Crippen molar-refractivity contribution in [3.63, 3.8) is 0 Å². The number of carbonyl (C=O) groups excluding carboxylic acids is 1. The van der Waals surface area contributed by atoms with Gasteiger partial charge < -0.3 is 9.16 Å². The molecule has 0 amide bonds. The fourth-order valence-corrected chi connectivity index (χ4v) is 2.93. The Balaban J connectivity index is 2.58. The Morgan fingerprint density at radius 2 is 2.24 bits per heavy atom. The van der Waals surface area contributed by atoms with Gasteiger partial charge in [-0.25, -0.2) is 0 Å². The summed E-state index contributed by atoms with van der Waals surface area (Å²) in [6.07, 6.45) is 6.54. The van der Waals surface area contributed by atoms with Crippen molar-refractivity contribution in [3.05, 3.63) is 11.8 Å². The Labute approximate surface area is 106 Å². The number of unbranched alkanes of at least 4 members (excludes halogenated alkanes) is 1. The van der Waals surface area contributed by atoms with Crippen LogP contribution in [0, 0.1) is 5.92 Å². The van der Waals surface area contributed by atoms with Crippen molar-refractivity contribution in [1.82, 2.24) is 0 Å². The first kappa shape index (κ1) is 14.3. The molecule has 1 rings (SSSR count). The lowest BCUT2D eigenvalue weighted by molar-refractivity contribution is -0.145. The number of ether oxygens (including phenoxy) is 1. The van der Waals surface area contributed by atoms with Crippen LogP contribution in [-0.2, 0) is 14.0 Å². The van der Waals surface area contributed by atoms with E-state index in [-0.39, 0.29) is 12.1 Å². The summed E-state index contributed by atoms with van der Waals surface area (Å²) in [5.41, 5.74) is 0. The van der Waals surface area contributed by atoms with Crippen LogP contribution in [0.4, 0.5) is 0 Å². The van der Waals surface area contributed by atoms with E-state index in [1.807, 2.05) is 0 Å². The Morgan fingerprint density at radius 1 is 1.53 bits per heavy atom. The molecule has 0 aromatic carbocycles. The molecule has 2 unspecified atom stereocenters. The van der Waals surface area contributed by atoms with Crippen LogP contribution in [0.25, 0.3) is 0 Å². The van der Waals surface area contributed by atoms with E-state index >= 15 is 0 Å². The zero-order valence-corrected chi connectivity index (χ0v) is 12.5. The van der Waals surface area contributed by atoms with Gasteiger partial charge in [-0.2, -0.15) is 0 Å². The van der Waals surface area contributed by atoms with Crippen LogP contribution in [-0.4, -0.2) is 21.1 Å². The van der Waals surface area contributed by atoms with Crippen LogP contribution in [0.5, 0.6) is 0 Å². The van der Waals surface area contributed by atoms with Crippen molar-refractivity contribution in [2.24, 2.45) is 5.92 Å². The largest absolute Gasteiger partial charge is 0.547 e. The lowest BCUT2D eigenvalue weighted by atomic mass is 10.0. The highest BCUT2D eigenvalue weighted by atomic mass is 28.3. The van der Waals surface area contributed by atoms with Crippen LogP contribution in [0.1, 0.15) is 39.5 Å². The minimum absolute atomic E-state index is 0.135. The molecule has 0 N–H and O–H groups in total. The van der Waals surface area contributed by atoms with Crippen LogP contribution in [0.2, 0.25) is 13.1 Å². The smallest absolute Gasteiger partial charge is 0.303 e. The Morgan fingerprint density at radius 3 is 2.76 bits per heavy atom. The lowest BCUT2D eigenvalue weighted by Gasteiger charge is -2.18. The van der Waals surface area contributed by atoms with Crippen molar-refractivity contribution >= 4 is 15.0 Å². The molecular formula is C13H24O3Si. The highest BCUT2D eigenvalue weighted by Crippen LogP contribution is 2.31. The van der Waals surface area contributed by atoms with Crippen molar-refractivity contribution in [1.29, 1.82) is 0 Å². The summed E-state index contributed by atoms with van der Waals surface area (Å²) < 4.78 is 11.2. The predicted molar refractivity (Wildman–Crippen MR) is 71.2 cm³/mol. The van der Waals surface area contributed by atoms with Crippen molar-refractivity contribution < 1.29 is 14.0 Å². The van der Waals surface area contributed by atoms with E-state index in [1.165, 1.54) is 26.2 Å².